The zero-order valence-corrected chi connectivity index (χ0v) is 14.3. The number of urea groups is 1. The summed E-state index contributed by atoms with van der Waals surface area (Å²) >= 11 is 0. The first kappa shape index (κ1) is 20.7. The molecule has 2 rings (SSSR count). The molecule has 0 aliphatic heterocycles. The van der Waals surface area contributed by atoms with E-state index in [4.69, 9.17) is 5.11 Å². The Bertz CT molecular complexity index is 698. The van der Waals surface area contributed by atoms with Gasteiger partial charge in [0.15, 0.2) is 17.4 Å². The van der Waals surface area contributed by atoms with Crippen LogP contribution in [0.5, 0.6) is 5.75 Å². The number of likely N-dealkylation sites (N-methyl/N-ethyl adjacent to an activating group) is 1. The van der Waals surface area contributed by atoms with Crippen LogP contribution in [0.4, 0.5) is 28.0 Å². The van der Waals surface area contributed by atoms with Crippen LogP contribution in [0.3, 0.4) is 0 Å². The summed E-state index contributed by atoms with van der Waals surface area (Å²) in [6.45, 7) is -1.03. The fourth-order valence-electron chi connectivity index (χ4n) is 2.83. The molecule has 0 spiro atoms. The van der Waals surface area contributed by atoms with Crippen LogP contribution in [-0.2, 0) is 4.79 Å². The summed E-state index contributed by atoms with van der Waals surface area (Å²) in [6.07, 6.45) is 1.04. The van der Waals surface area contributed by atoms with Crippen molar-refractivity contribution in [1.29, 1.82) is 0 Å². The number of nitrogens with zero attached hydrogens (tertiary/aromatic N) is 1. The number of hydrogen-bond donors (Lipinski definition) is 3. The molecule has 1 aliphatic carbocycles. The van der Waals surface area contributed by atoms with E-state index in [9.17, 15) is 27.2 Å². The molecule has 0 radical (unpaired) electrons. The highest BCUT2D eigenvalue weighted by atomic mass is 19.3. The van der Waals surface area contributed by atoms with Crippen molar-refractivity contribution in [3.63, 3.8) is 0 Å². The molecule has 1 saturated carbocycles. The molecule has 0 heterocycles. The summed E-state index contributed by atoms with van der Waals surface area (Å²) in [5.41, 5.74) is -0.524. The van der Waals surface area contributed by atoms with E-state index >= 15 is 0 Å². The number of carboxylic acid groups (broad SMARTS) is 1. The fraction of sp³-hybridized carbons (Fsp3) is 0.500. The second-order valence-electron chi connectivity index (χ2n) is 6.02. The molecule has 0 bridgehead atoms. The lowest BCUT2D eigenvalue weighted by Crippen LogP contribution is -2.55. The lowest BCUT2D eigenvalue weighted by atomic mass is 9.85. The molecule has 27 heavy (non-hydrogen) atoms. The minimum Gasteiger partial charge on any atom is -0.480 e. The Labute approximate surface area is 152 Å². The zero-order valence-electron chi connectivity index (χ0n) is 14.3. The van der Waals surface area contributed by atoms with Crippen LogP contribution in [0, 0.1) is 11.6 Å². The van der Waals surface area contributed by atoms with Gasteiger partial charge in [-0.15, -0.1) is 0 Å². The highest BCUT2D eigenvalue weighted by molar-refractivity contribution is 5.89. The third kappa shape index (κ3) is 5.71. The van der Waals surface area contributed by atoms with Crippen molar-refractivity contribution in [2.24, 2.45) is 0 Å². The van der Waals surface area contributed by atoms with E-state index in [1.807, 2.05) is 6.92 Å². The van der Waals surface area contributed by atoms with Gasteiger partial charge in [0.25, 0.3) is 0 Å². The number of carbonyl (C=O) groups is 2. The first-order valence-electron chi connectivity index (χ1n) is 8.16. The zero-order chi connectivity index (χ0) is 20.1. The standard InChI is InChI=1S/C16H19F4N3O4/c1-2-23(7-14(24)25)9-3-8(4-9)21-16(26)22-12-5-11(18)13(6-10(12)17)27-15(19)20/h5-6,8-9,15H,2-4,7H2,1H3,(H,24,25)(H2,21,22,26). The number of nitrogens with one attached hydrogen (secondary N) is 2. The maximum absolute atomic E-state index is 13.8. The van der Waals surface area contributed by atoms with E-state index in [0.717, 1.165) is 0 Å². The van der Waals surface area contributed by atoms with Gasteiger partial charge in [0.05, 0.1) is 12.2 Å². The van der Waals surface area contributed by atoms with Crippen LogP contribution in [0.15, 0.2) is 12.1 Å². The number of amides is 2. The lowest BCUT2D eigenvalue weighted by Gasteiger charge is -2.42. The highest BCUT2D eigenvalue weighted by Gasteiger charge is 2.34. The van der Waals surface area contributed by atoms with Crippen molar-refractivity contribution >= 4 is 17.7 Å². The number of carboxylic acids is 1. The topological polar surface area (TPSA) is 90.9 Å². The normalized spacial score (nSPS) is 18.9. The number of alkyl halides is 2. The van der Waals surface area contributed by atoms with Gasteiger partial charge in [-0.05, 0) is 19.4 Å². The lowest BCUT2D eigenvalue weighted by molar-refractivity contribution is -0.139. The summed E-state index contributed by atoms with van der Waals surface area (Å²) in [5, 5.41) is 13.5. The predicted molar refractivity (Wildman–Crippen MR) is 86.8 cm³/mol. The minimum atomic E-state index is -3.31. The van der Waals surface area contributed by atoms with E-state index in [1.165, 1.54) is 0 Å². The van der Waals surface area contributed by atoms with Gasteiger partial charge in [-0.25, -0.2) is 13.6 Å². The highest BCUT2D eigenvalue weighted by Crippen LogP contribution is 2.27. The third-order valence-corrected chi connectivity index (χ3v) is 4.20. The van der Waals surface area contributed by atoms with Crippen molar-refractivity contribution < 1.29 is 37.0 Å². The van der Waals surface area contributed by atoms with Crippen molar-refractivity contribution in [2.75, 3.05) is 18.4 Å². The molecule has 1 aromatic carbocycles. The average molecular weight is 393 g/mol. The Morgan fingerprint density at radius 2 is 1.96 bits per heavy atom. The Hall–Kier alpha value is -2.56. The van der Waals surface area contributed by atoms with Gasteiger partial charge < -0.3 is 20.5 Å². The molecule has 0 saturated heterocycles. The van der Waals surface area contributed by atoms with Gasteiger partial charge in [0, 0.05) is 24.2 Å². The SMILES string of the molecule is CCN(CC(=O)O)C1CC(NC(=O)Nc2cc(F)c(OC(F)F)cc2F)C1. The predicted octanol–water partition coefficient (Wildman–Crippen LogP) is 2.63. The molecule has 7 nitrogen and oxygen atoms in total. The van der Waals surface area contributed by atoms with Crippen LogP contribution in [0.25, 0.3) is 0 Å². The summed E-state index contributed by atoms with van der Waals surface area (Å²) in [7, 11) is 0. The maximum Gasteiger partial charge on any atom is 0.387 e. The monoisotopic (exact) mass is 393 g/mol. The summed E-state index contributed by atoms with van der Waals surface area (Å²) in [6, 6.07) is -0.0623. The molecule has 0 aromatic heterocycles. The molecule has 3 N–H and O–H groups in total. The fourth-order valence-corrected chi connectivity index (χ4v) is 2.83. The van der Waals surface area contributed by atoms with Crippen LogP contribution >= 0.6 is 0 Å². The van der Waals surface area contributed by atoms with Gasteiger partial charge in [-0.1, -0.05) is 6.92 Å². The second kappa shape index (κ2) is 8.89. The summed E-state index contributed by atoms with van der Waals surface area (Å²) in [5.74, 6) is -4.29. The summed E-state index contributed by atoms with van der Waals surface area (Å²) < 4.78 is 55.4. The van der Waals surface area contributed by atoms with Crippen LogP contribution in [0.1, 0.15) is 19.8 Å². The van der Waals surface area contributed by atoms with Crippen molar-refractivity contribution in [2.45, 2.75) is 38.5 Å². The number of aliphatic carboxylic acids is 1. The third-order valence-electron chi connectivity index (χ3n) is 4.20. The van der Waals surface area contributed by atoms with Gasteiger partial charge >= 0.3 is 18.6 Å². The molecular weight excluding hydrogens is 374 g/mol. The van der Waals surface area contributed by atoms with Crippen molar-refractivity contribution in [1.82, 2.24) is 10.2 Å². The molecule has 0 atom stereocenters. The number of hydrogen-bond acceptors (Lipinski definition) is 4. The number of anilines is 1. The van der Waals surface area contributed by atoms with Crippen molar-refractivity contribution in [3.05, 3.63) is 23.8 Å². The molecule has 1 aromatic rings. The average Bonchev–Trinajstić information content (AvgIpc) is 2.52. The molecular formula is C16H19F4N3O4. The van der Waals surface area contributed by atoms with E-state index in [1.54, 1.807) is 4.90 Å². The van der Waals surface area contributed by atoms with Gasteiger partial charge in [0.1, 0.15) is 0 Å². The molecule has 150 valence electrons. The van der Waals surface area contributed by atoms with E-state index in [0.29, 0.717) is 31.5 Å². The maximum atomic E-state index is 13.8. The van der Waals surface area contributed by atoms with Gasteiger partial charge in [-0.2, -0.15) is 8.78 Å². The molecule has 1 aliphatic rings. The van der Waals surface area contributed by atoms with Gasteiger partial charge in [0.2, 0.25) is 0 Å². The second-order valence-corrected chi connectivity index (χ2v) is 6.02. The number of carbonyl (C=O) groups excluding carboxylic acids is 1. The first-order valence-corrected chi connectivity index (χ1v) is 8.16. The smallest absolute Gasteiger partial charge is 0.387 e. The largest absolute Gasteiger partial charge is 0.480 e. The molecule has 11 heteroatoms. The van der Waals surface area contributed by atoms with Crippen LogP contribution in [0.2, 0.25) is 0 Å². The Morgan fingerprint density at radius 3 is 2.52 bits per heavy atom. The number of ether oxygens (including phenoxy) is 1. The first-order chi connectivity index (χ1) is 12.7. The summed E-state index contributed by atoms with van der Waals surface area (Å²) in [4.78, 5) is 24.4. The quantitative estimate of drug-likeness (QED) is 0.591. The molecule has 0 unspecified atom stereocenters. The number of benzene rings is 1. The van der Waals surface area contributed by atoms with Crippen LogP contribution in [-0.4, -0.2) is 53.8 Å². The molecule has 1 fully saturated rings. The van der Waals surface area contributed by atoms with E-state index < -0.39 is 41.7 Å². The Kier molecular flexibility index (Phi) is 6.83. The Morgan fingerprint density at radius 1 is 1.30 bits per heavy atom. The Balaban J connectivity index is 1.86. The van der Waals surface area contributed by atoms with Crippen molar-refractivity contribution in [3.8, 4) is 5.75 Å². The number of halogens is 4. The number of rotatable bonds is 8. The van der Waals surface area contributed by atoms with Crippen LogP contribution < -0.4 is 15.4 Å². The molecule has 2 amide bonds. The minimum absolute atomic E-state index is 0.0105. The van der Waals surface area contributed by atoms with E-state index in [-0.39, 0.29) is 18.6 Å². The van der Waals surface area contributed by atoms with E-state index in [2.05, 4.69) is 15.4 Å². The van der Waals surface area contributed by atoms with Gasteiger partial charge in [-0.3, -0.25) is 9.69 Å².